The van der Waals surface area contributed by atoms with E-state index in [0.717, 1.165) is 11.3 Å². The highest BCUT2D eigenvalue weighted by molar-refractivity contribution is 5.80. The lowest BCUT2D eigenvalue weighted by atomic mass is 10.2. The molecule has 1 N–H and O–H groups in total. The summed E-state index contributed by atoms with van der Waals surface area (Å²) in [5.74, 6) is 1.07. The number of aromatic amines is 1. The molecule has 1 heterocycles. The lowest BCUT2D eigenvalue weighted by Gasteiger charge is -2.20. The third-order valence-corrected chi connectivity index (χ3v) is 3.13. The van der Waals surface area contributed by atoms with E-state index in [1.54, 1.807) is 21.1 Å². The first-order valence-electron chi connectivity index (χ1n) is 6.82. The zero-order chi connectivity index (χ0) is 15.9. The molecule has 0 aliphatic rings. The minimum Gasteiger partial charge on any atom is -0.497 e. The van der Waals surface area contributed by atoms with Crippen molar-refractivity contribution < 1.29 is 14.3 Å². The average Bonchev–Trinajstić information content (AvgIpc) is 3.04. The van der Waals surface area contributed by atoms with E-state index in [9.17, 15) is 4.79 Å². The van der Waals surface area contributed by atoms with Crippen molar-refractivity contribution in [1.82, 2.24) is 25.5 Å². The van der Waals surface area contributed by atoms with Crippen LogP contribution in [-0.4, -0.2) is 51.7 Å². The smallest absolute Gasteiger partial charge is 0.251 e. The van der Waals surface area contributed by atoms with Gasteiger partial charge in [0.2, 0.25) is 0 Å². The van der Waals surface area contributed by atoms with Crippen LogP contribution in [0.5, 0.6) is 5.75 Å². The summed E-state index contributed by atoms with van der Waals surface area (Å²) in [6.07, 6.45) is -0.567. The largest absolute Gasteiger partial charge is 0.497 e. The van der Waals surface area contributed by atoms with E-state index in [2.05, 4.69) is 20.6 Å². The summed E-state index contributed by atoms with van der Waals surface area (Å²) in [5, 5.41) is 13.4. The fourth-order valence-corrected chi connectivity index (χ4v) is 1.90. The van der Waals surface area contributed by atoms with Gasteiger partial charge in [0.1, 0.15) is 11.9 Å². The van der Waals surface area contributed by atoms with Gasteiger partial charge in [-0.2, -0.15) is 5.21 Å². The summed E-state index contributed by atoms with van der Waals surface area (Å²) >= 11 is 0. The number of hydrogen-bond donors (Lipinski definition) is 1. The summed E-state index contributed by atoms with van der Waals surface area (Å²) in [6.45, 7) is 2.33. The highest BCUT2D eigenvalue weighted by Gasteiger charge is 2.19. The van der Waals surface area contributed by atoms with Gasteiger partial charge in [0.05, 0.1) is 20.3 Å². The van der Waals surface area contributed by atoms with E-state index >= 15 is 0 Å². The van der Waals surface area contributed by atoms with Crippen LogP contribution in [0.1, 0.15) is 18.3 Å². The number of ether oxygens (including phenoxy) is 2. The molecule has 0 saturated heterocycles. The minimum atomic E-state index is -0.567. The molecule has 8 nitrogen and oxygen atoms in total. The number of methoxy groups -OCH3 is 1. The molecule has 1 aromatic carbocycles. The van der Waals surface area contributed by atoms with E-state index in [0.29, 0.717) is 12.4 Å². The van der Waals surface area contributed by atoms with Gasteiger partial charge < -0.3 is 14.4 Å². The van der Waals surface area contributed by atoms with Crippen LogP contribution in [-0.2, 0) is 22.7 Å². The zero-order valence-corrected chi connectivity index (χ0v) is 12.8. The molecule has 0 fully saturated rings. The average molecular weight is 305 g/mol. The van der Waals surface area contributed by atoms with Gasteiger partial charge in [0.25, 0.3) is 5.91 Å². The first-order valence-corrected chi connectivity index (χ1v) is 6.82. The van der Waals surface area contributed by atoms with Crippen molar-refractivity contribution in [3.05, 3.63) is 35.7 Å². The molecule has 118 valence electrons. The molecule has 0 bridgehead atoms. The lowest BCUT2D eigenvalue weighted by molar-refractivity contribution is -0.142. The molecule has 2 aromatic rings. The first kappa shape index (κ1) is 15.9. The maximum atomic E-state index is 12.2. The molecule has 0 radical (unpaired) electrons. The standard InChI is InChI=1S/C14H19N5O3/c1-10(14(20)19(2)8-13-15-17-18-16-13)22-9-11-5-4-6-12(7-11)21-3/h4-7,10H,8-9H2,1-3H3,(H,15,16,17,18)/t10-/m0/s1. The van der Waals surface area contributed by atoms with Crippen molar-refractivity contribution in [2.24, 2.45) is 0 Å². The Morgan fingerprint density at radius 1 is 1.45 bits per heavy atom. The van der Waals surface area contributed by atoms with Crippen molar-refractivity contribution in [3.8, 4) is 5.75 Å². The van der Waals surface area contributed by atoms with Gasteiger partial charge in [0, 0.05) is 7.05 Å². The Bertz CT molecular complexity index is 602. The van der Waals surface area contributed by atoms with Crippen molar-refractivity contribution in [3.63, 3.8) is 0 Å². The van der Waals surface area contributed by atoms with Crippen LogP contribution in [0, 0.1) is 0 Å². The lowest BCUT2D eigenvalue weighted by Crippen LogP contribution is -2.36. The number of benzene rings is 1. The zero-order valence-electron chi connectivity index (χ0n) is 12.8. The maximum absolute atomic E-state index is 12.2. The summed E-state index contributed by atoms with van der Waals surface area (Å²) in [4.78, 5) is 13.7. The van der Waals surface area contributed by atoms with Crippen molar-refractivity contribution in [2.45, 2.75) is 26.2 Å². The Morgan fingerprint density at radius 2 is 2.27 bits per heavy atom. The topological polar surface area (TPSA) is 93.2 Å². The minimum absolute atomic E-state index is 0.146. The number of tetrazole rings is 1. The van der Waals surface area contributed by atoms with Crippen LogP contribution in [0.2, 0.25) is 0 Å². The summed E-state index contributed by atoms with van der Waals surface area (Å²) in [6, 6.07) is 7.53. The Kier molecular flexibility index (Phi) is 5.42. The van der Waals surface area contributed by atoms with Crippen LogP contribution >= 0.6 is 0 Å². The molecule has 8 heteroatoms. The number of rotatable bonds is 7. The van der Waals surface area contributed by atoms with Crippen LogP contribution in [0.25, 0.3) is 0 Å². The molecular weight excluding hydrogens is 286 g/mol. The second-order valence-electron chi connectivity index (χ2n) is 4.83. The van der Waals surface area contributed by atoms with Crippen molar-refractivity contribution in [2.75, 3.05) is 14.2 Å². The fraction of sp³-hybridized carbons (Fsp3) is 0.429. The Morgan fingerprint density at radius 3 is 2.95 bits per heavy atom. The number of likely N-dealkylation sites (N-methyl/N-ethyl adjacent to an activating group) is 1. The SMILES string of the molecule is COc1cccc(CO[C@@H](C)C(=O)N(C)Cc2nn[nH]n2)c1. The summed E-state index contributed by atoms with van der Waals surface area (Å²) < 4.78 is 10.8. The molecule has 1 amide bonds. The predicted molar refractivity (Wildman–Crippen MR) is 77.9 cm³/mol. The monoisotopic (exact) mass is 305 g/mol. The number of carbonyl (C=O) groups is 1. The van der Waals surface area contributed by atoms with Crippen LogP contribution in [0.4, 0.5) is 0 Å². The van der Waals surface area contributed by atoms with E-state index < -0.39 is 6.10 Å². The molecular formula is C14H19N5O3. The van der Waals surface area contributed by atoms with Crippen LogP contribution in [0.3, 0.4) is 0 Å². The second-order valence-corrected chi connectivity index (χ2v) is 4.83. The van der Waals surface area contributed by atoms with E-state index in [1.807, 2.05) is 24.3 Å². The van der Waals surface area contributed by atoms with Gasteiger partial charge in [-0.25, -0.2) is 0 Å². The van der Waals surface area contributed by atoms with E-state index in [-0.39, 0.29) is 12.5 Å². The molecule has 0 saturated carbocycles. The number of amides is 1. The molecule has 0 spiro atoms. The molecule has 0 unspecified atom stereocenters. The third kappa shape index (κ3) is 4.26. The fourth-order valence-electron chi connectivity index (χ4n) is 1.90. The molecule has 1 aromatic heterocycles. The van der Waals surface area contributed by atoms with Gasteiger partial charge in [-0.15, -0.1) is 10.2 Å². The predicted octanol–water partition coefficient (Wildman–Crippen LogP) is 0.772. The highest BCUT2D eigenvalue weighted by atomic mass is 16.5. The van der Waals surface area contributed by atoms with Gasteiger partial charge in [-0.3, -0.25) is 4.79 Å². The van der Waals surface area contributed by atoms with Gasteiger partial charge >= 0.3 is 0 Å². The van der Waals surface area contributed by atoms with E-state index in [4.69, 9.17) is 9.47 Å². The Labute approximate surface area is 128 Å². The van der Waals surface area contributed by atoms with E-state index in [1.165, 1.54) is 4.90 Å². The number of hydrogen-bond acceptors (Lipinski definition) is 6. The number of nitrogens with one attached hydrogen (secondary N) is 1. The number of nitrogens with zero attached hydrogens (tertiary/aromatic N) is 4. The highest BCUT2D eigenvalue weighted by Crippen LogP contribution is 2.14. The molecule has 2 rings (SSSR count). The van der Waals surface area contributed by atoms with Gasteiger partial charge in [-0.05, 0) is 24.6 Å². The molecule has 22 heavy (non-hydrogen) atoms. The number of carbonyl (C=O) groups excluding carboxylic acids is 1. The second kappa shape index (κ2) is 7.51. The normalized spacial score (nSPS) is 12.0. The van der Waals surface area contributed by atoms with Crippen molar-refractivity contribution in [1.29, 1.82) is 0 Å². The third-order valence-electron chi connectivity index (χ3n) is 3.13. The van der Waals surface area contributed by atoms with Gasteiger partial charge in [0.15, 0.2) is 5.82 Å². The molecule has 0 aliphatic heterocycles. The molecule has 1 atom stereocenters. The first-order chi connectivity index (χ1) is 10.6. The molecule has 0 aliphatic carbocycles. The van der Waals surface area contributed by atoms with Crippen molar-refractivity contribution >= 4 is 5.91 Å². The Balaban J connectivity index is 1.85. The van der Waals surface area contributed by atoms with Crippen LogP contribution < -0.4 is 4.74 Å². The number of H-pyrrole nitrogens is 1. The Hall–Kier alpha value is -2.48. The summed E-state index contributed by atoms with van der Waals surface area (Å²) in [5.41, 5.74) is 0.944. The van der Waals surface area contributed by atoms with Gasteiger partial charge in [-0.1, -0.05) is 17.3 Å². The maximum Gasteiger partial charge on any atom is 0.251 e. The summed E-state index contributed by atoms with van der Waals surface area (Å²) in [7, 11) is 3.28. The quantitative estimate of drug-likeness (QED) is 0.812. The number of aromatic nitrogens is 4. The van der Waals surface area contributed by atoms with Crippen LogP contribution in [0.15, 0.2) is 24.3 Å².